The highest BCUT2D eigenvalue weighted by atomic mass is 31.2. The predicted octanol–water partition coefficient (Wildman–Crippen LogP) is 5.51. The van der Waals surface area contributed by atoms with Crippen molar-refractivity contribution in [2.24, 2.45) is 0 Å². The lowest BCUT2D eigenvalue weighted by Crippen LogP contribution is -2.24. The van der Waals surface area contributed by atoms with E-state index in [1.54, 1.807) is 36.4 Å². The average Bonchev–Trinajstić information content (AvgIpc) is 2.80. The van der Waals surface area contributed by atoms with Gasteiger partial charge in [-0.05, 0) is 11.1 Å². The summed E-state index contributed by atoms with van der Waals surface area (Å²) < 4.78 is 14.6. The van der Waals surface area contributed by atoms with E-state index in [1.807, 2.05) is 78.9 Å². The van der Waals surface area contributed by atoms with Gasteiger partial charge in [0.2, 0.25) is 12.7 Å². The molecule has 0 aromatic heterocycles. The van der Waals surface area contributed by atoms with E-state index in [0.717, 1.165) is 11.1 Å². The van der Waals surface area contributed by atoms with Crippen LogP contribution in [0.3, 0.4) is 0 Å². The molecule has 136 valence electrons. The number of benzene rings is 4. The minimum Gasteiger partial charge on any atom is -0.305 e. The Labute approximate surface area is 164 Å². The summed E-state index contributed by atoms with van der Waals surface area (Å²) in [5.74, 6) is 0. The zero-order valence-corrected chi connectivity index (χ0v) is 16.1. The Morgan fingerprint density at radius 2 is 1.07 bits per heavy atom. The van der Waals surface area contributed by atoms with Crippen LogP contribution in [0.25, 0.3) is 11.1 Å². The van der Waals surface area contributed by atoms with Gasteiger partial charge in [-0.2, -0.15) is 0 Å². The second-order valence-corrected chi connectivity index (χ2v) is 9.12. The average molecular weight is 382 g/mol. The van der Waals surface area contributed by atoms with Gasteiger partial charge in [0.15, 0.2) is 0 Å². The third-order valence-corrected chi connectivity index (χ3v) is 7.68. The minimum atomic E-state index is -3.58. The molecular formula is C25H19O2P. The summed E-state index contributed by atoms with van der Waals surface area (Å²) in [4.78, 5) is 13.6. The van der Waals surface area contributed by atoms with E-state index in [4.69, 9.17) is 0 Å². The van der Waals surface area contributed by atoms with E-state index < -0.39 is 7.14 Å². The molecule has 0 radical (unpaired) electrons. The molecule has 0 N–H and O–H groups in total. The Morgan fingerprint density at radius 3 is 1.71 bits per heavy atom. The fraction of sp³-hybridized carbons (Fsp3) is 0. The Morgan fingerprint density at radius 1 is 0.571 bits per heavy atom. The molecule has 0 fully saturated rings. The van der Waals surface area contributed by atoms with E-state index in [2.05, 4.69) is 0 Å². The summed E-state index contributed by atoms with van der Waals surface area (Å²) in [5, 5.41) is 1.12. The van der Waals surface area contributed by atoms with Crippen molar-refractivity contribution in [3.05, 3.63) is 121 Å². The first-order chi connectivity index (χ1) is 13.7. The second-order valence-electron chi connectivity index (χ2n) is 6.50. The zero-order chi connectivity index (χ0) is 19.4. The molecule has 2 nitrogen and oxygen atoms in total. The maximum atomic E-state index is 14.6. The first kappa shape index (κ1) is 18.2. The number of hydrogen-bond acceptors (Lipinski definition) is 2. The minimum absolute atomic E-state index is 0.345. The smallest absolute Gasteiger partial charge is 0.230 e. The molecule has 4 aromatic rings. The van der Waals surface area contributed by atoms with Gasteiger partial charge >= 0.3 is 0 Å². The highest BCUT2D eigenvalue weighted by Gasteiger charge is 2.38. The molecule has 0 aliphatic rings. The number of hydrogen-bond donors (Lipinski definition) is 0. The Balaban J connectivity index is 1.99. The molecule has 1 atom stereocenters. The lowest BCUT2D eigenvalue weighted by Gasteiger charge is -2.21. The molecule has 0 amide bonds. The molecule has 4 rings (SSSR count). The molecule has 0 saturated heterocycles. The lowest BCUT2D eigenvalue weighted by atomic mass is 10.1. The van der Waals surface area contributed by atoms with Gasteiger partial charge in [0.25, 0.3) is 0 Å². The molecule has 0 spiro atoms. The van der Waals surface area contributed by atoms with Crippen molar-refractivity contribution >= 4 is 23.3 Å². The van der Waals surface area contributed by atoms with Crippen molar-refractivity contribution in [2.75, 3.05) is 0 Å². The van der Waals surface area contributed by atoms with Crippen LogP contribution in [-0.2, 0) is 4.57 Å². The monoisotopic (exact) mass is 382 g/mol. The largest absolute Gasteiger partial charge is 0.305 e. The fourth-order valence-electron chi connectivity index (χ4n) is 3.38. The van der Waals surface area contributed by atoms with Crippen molar-refractivity contribution < 1.29 is 9.36 Å². The number of carbonyl (C=O) groups excluding carboxylic acids is 1. The van der Waals surface area contributed by atoms with Gasteiger partial charge in [-0.25, -0.2) is 0 Å². The quantitative estimate of drug-likeness (QED) is 0.427. The number of carbonyl (C=O) groups is 1. The molecule has 0 aliphatic carbocycles. The Bertz CT molecular complexity index is 1140. The molecule has 0 saturated carbocycles. The van der Waals surface area contributed by atoms with Gasteiger partial charge in [-0.15, -0.1) is 0 Å². The molecule has 0 heterocycles. The first-order valence-electron chi connectivity index (χ1n) is 9.12. The predicted molar refractivity (Wildman–Crippen MR) is 116 cm³/mol. The van der Waals surface area contributed by atoms with Crippen LogP contribution in [-0.4, -0.2) is 5.52 Å². The fourth-order valence-corrected chi connectivity index (χ4v) is 6.05. The lowest BCUT2D eigenvalue weighted by molar-refractivity contribution is 0.107. The molecule has 28 heavy (non-hydrogen) atoms. The van der Waals surface area contributed by atoms with Gasteiger partial charge in [-0.1, -0.05) is 115 Å². The normalized spacial score (nSPS) is 12.9. The van der Waals surface area contributed by atoms with Gasteiger partial charge < -0.3 is 4.57 Å². The molecule has 1 unspecified atom stereocenters. The van der Waals surface area contributed by atoms with Crippen LogP contribution in [0.4, 0.5) is 0 Å². The zero-order valence-electron chi connectivity index (χ0n) is 15.2. The van der Waals surface area contributed by atoms with Gasteiger partial charge in [0, 0.05) is 16.2 Å². The third kappa shape index (κ3) is 3.24. The summed E-state index contributed by atoms with van der Waals surface area (Å²) in [5.41, 5.74) is 1.87. The van der Waals surface area contributed by atoms with Gasteiger partial charge in [0.05, 0.1) is 0 Å². The van der Waals surface area contributed by atoms with Crippen LogP contribution < -0.4 is 10.6 Å². The van der Waals surface area contributed by atoms with Crippen molar-refractivity contribution in [2.45, 2.75) is 0 Å². The third-order valence-electron chi connectivity index (χ3n) is 4.75. The maximum Gasteiger partial charge on any atom is 0.230 e. The Hall–Kier alpha value is -3.22. The highest BCUT2D eigenvalue weighted by Crippen LogP contribution is 2.49. The molecule has 0 bridgehead atoms. The summed E-state index contributed by atoms with van der Waals surface area (Å²) in [7, 11) is -3.58. The molecule has 4 aromatic carbocycles. The van der Waals surface area contributed by atoms with E-state index in [1.165, 1.54) is 0 Å². The van der Waals surface area contributed by atoms with Crippen LogP contribution in [0, 0.1) is 0 Å². The summed E-state index contributed by atoms with van der Waals surface area (Å²) in [6.45, 7) is 0. The van der Waals surface area contributed by atoms with Crippen LogP contribution >= 0.6 is 7.14 Å². The maximum absolute atomic E-state index is 14.6. The van der Waals surface area contributed by atoms with Crippen molar-refractivity contribution in [3.8, 4) is 11.1 Å². The number of rotatable bonds is 5. The molecular weight excluding hydrogens is 363 g/mol. The van der Waals surface area contributed by atoms with E-state index in [0.29, 0.717) is 16.2 Å². The van der Waals surface area contributed by atoms with E-state index >= 15 is 0 Å². The topological polar surface area (TPSA) is 34.1 Å². The second kappa shape index (κ2) is 7.80. The van der Waals surface area contributed by atoms with Crippen LogP contribution in [0.2, 0.25) is 0 Å². The van der Waals surface area contributed by atoms with Crippen LogP contribution in [0.1, 0.15) is 10.4 Å². The van der Waals surface area contributed by atoms with Gasteiger partial charge in [0.1, 0.15) is 0 Å². The summed E-state index contributed by atoms with van der Waals surface area (Å²) in [6, 6.07) is 35.2. The Kier molecular flexibility index (Phi) is 5.06. The van der Waals surface area contributed by atoms with Crippen molar-refractivity contribution in [3.63, 3.8) is 0 Å². The van der Waals surface area contributed by atoms with Crippen LogP contribution in [0.15, 0.2) is 115 Å². The van der Waals surface area contributed by atoms with E-state index in [9.17, 15) is 9.36 Å². The summed E-state index contributed by atoms with van der Waals surface area (Å²) in [6.07, 6.45) is 0. The molecule has 0 aliphatic heterocycles. The standard InChI is InChI=1S/C25H19O2P/c26-25(21-14-6-2-7-15-21)28(27,22-16-8-3-9-17-22)24-19-11-10-18-23(24)20-12-4-1-5-13-20/h1-19H. The van der Waals surface area contributed by atoms with Crippen LogP contribution in [0.5, 0.6) is 0 Å². The summed E-state index contributed by atoms with van der Waals surface area (Å²) >= 11 is 0. The van der Waals surface area contributed by atoms with E-state index in [-0.39, 0.29) is 5.52 Å². The highest BCUT2D eigenvalue weighted by molar-refractivity contribution is 7.93. The SMILES string of the molecule is O=C(c1ccccc1)P(=O)(c1ccccc1)c1ccccc1-c1ccccc1. The van der Waals surface area contributed by atoms with Gasteiger partial charge in [-0.3, -0.25) is 4.79 Å². The first-order valence-corrected chi connectivity index (χ1v) is 10.8. The van der Waals surface area contributed by atoms with Crippen molar-refractivity contribution in [1.29, 1.82) is 0 Å². The van der Waals surface area contributed by atoms with Crippen molar-refractivity contribution in [1.82, 2.24) is 0 Å². The molecule has 3 heteroatoms.